The van der Waals surface area contributed by atoms with Gasteiger partial charge in [-0.25, -0.2) is 8.78 Å². The van der Waals surface area contributed by atoms with Gasteiger partial charge in [0.15, 0.2) is 11.6 Å². The number of hydrogen-bond acceptors (Lipinski definition) is 3. The quantitative estimate of drug-likeness (QED) is 0.913. The molecular formula is C15H16F2N2O. The molecule has 2 rings (SSSR count). The van der Waals surface area contributed by atoms with Gasteiger partial charge in [0.2, 0.25) is 0 Å². The van der Waals surface area contributed by atoms with E-state index in [1.54, 1.807) is 12.3 Å². The van der Waals surface area contributed by atoms with Crippen molar-refractivity contribution in [2.75, 3.05) is 6.61 Å². The molecule has 1 unspecified atom stereocenters. The fourth-order valence-electron chi connectivity index (χ4n) is 1.84. The maximum atomic E-state index is 13.7. The summed E-state index contributed by atoms with van der Waals surface area (Å²) in [5, 5.41) is 0. The van der Waals surface area contributed by atoms with Gasteiger partial charge in [-0.2, -0.15) is 0 Å². The first kappa shape index (κ1) is 14.4. The zero-order valence-electron chi connectivity index (χ0n) is 11.1. The lowest BCUT2D eigenvalue weighted by Gasteiger charge is -2.14. The molecule has 3 nitrogen and oxygen atoms in total. The highest BCUT2D eigenvalue weighted by atomic mass is 19.2. The number of halogens is 2. The Labute approximate surface area is 116 Å². The molecule has 5 heteroatoms. The second kappa shape index (κ2) is 6.43. The van der Waals surface area contributed by atoms with Crippen LogP contribution in [0.1, 0.15) is 30.5 Å². The molecule has 0 saturated heterocycles. The fraction of sp³-hybridized carbons (Fsp3) is 0.267. The van der Waals surface area contributed by atoms with E-state index in [0.29, 0.717) is 17.9 Å². The summed E-state index contributed by atoms with van der Waals surface area (Å²) < 4.78 is 32.4. The number of rotatable bonds is 5. The molecule has 106 valence electrons. The Hall–Kier alpha value is -2.01. The van der Waals surface area contributed by atoms with Crippen LogP contribution in [-0.2, 0) is 0 Å². The molecule has 2 aromatic rings. The summed E-state index contributed by atoms with van der Waals surface area (Å²) >= 11 is 0. The van der Waals surface area contributed by atoms with E-state index in [4.69, 9.17) is 10.5 Å². The van der Waals surface area contributed by atoms with E-state index in [9.17, 15) is 8.78 Å². The molecule has 0 fully saturated rings. The van der Waals surface area contributed by atoms with Crippen LogP contribution in [0.15, 0.2) is 36.7 Å². The Morgan fingerprint density at radius 3 is 2.85 bits per heavy atom. The zero-order chi connectivity index (χ0) is 14.5. The van der Waals surface area contributed by atoms with Crippen LogP contribution in [0.25, 0.3) is 0 Å². The monoisotopic (exact) mass is 278 g/mol. The van der Waals surface area contributed by atoms with E-state index in [2.05, 4.69) is 4.98 Å². The maximum absolute atomic E-state index is 13.7. The van der Waals surface area contributed by atoms with Crippen molar-refractivity contribution in [3.05, 3.63) is 59.4 Å². The molecule has 2 N–H and O–H groups in total. The van der Waals surface area contributed by atoms with Crippen molar-refractivity contribution in [1.82, 2.24) is 4.98 Å². The summed E-state index contributed by atoms with van der Waals surface area (Å²) in [6.07, 6.45) is 3.95. The van der Waals surface area contributed by atoms with E-state index >= 15 is 0 Å². The number of hydrogen-bond donors (Lipinski definition) is 1. The number of pyridine rings is 1. The minimum absolute atomic E-state index is 0.0967. The fourth-order valence-corrected chi connectivity index (χ4v) is 1.84. The lowest BCUT2D eigenvalue weighted by molar-refractivity contribution is 0.315. The molecule has 1 atom stereocenters. The van der Waals surface area contributed by atoms with Gasteiger partial charge in [0.05, 0.1) is 18.8 Å². The van der Waals surface area contributed by atoms with E-state index < -0.39 is 17.7 Å². The third kappa shape index (κ3) is 3.11. The van der Waals surface area contributed by atoms with E-state index in [1.165, 1.54) is 18.3 Å². The molecule has 0 saturated carbocycles. The summed E-state index contributed by atoms with van der Waals surface area (Å²) in [5.41, 5.74) is 6.65. The Bertz CT molecular complexity index is 590. The Morgan fingerprint density at radius 1 is 1.30 bits per heavy atom. The third-order valence-electron chi connectivity index (χ3n) is 2.88. The molecule has 0 bridgehead atoms. The first-order valence-electron chi connectivity index (χ1n) is 6.40. The van der Waals surface area contributed by atoms with Crippen molar-refractivity contribution in [3.8, 4) is 5.75 Å². The third-order valence-corrected chi connectivity index (χ3v) is 2.88. The summed E-state index contributed by atoms with van der Waals surface area (Å²) in [6, 6.07) is 4.85. The lowest BCUT2D eigenvalue weighted by Crippen LogP contribution is -2.15. The van der Waals surface area contributed by atoms with Crippen molar-refractivity contribution in [3.63, 3.8) is 0 Å². The van der Waals surface area contributed by atoms with E-state index in [1.807, 2.05) is 6.92 Å². The number of nitrogens with zero attached hydrogens (tertiary/aromatic N) is 1. The second-order valence-corrected chi connectivity index (χ2v) is 4.42. The minimum Gasteiger partial charge on any atom is -0.492 e. The van der Waals surface area contributed by atoms with Crippen LogP contribution in [-0.4, -0.2) is 11.6 Å². The summed E-state index contributed by atoms with van der Waals surface area (Å²) in [5.74, 6) is -1.28. The molecule has 0 amide bonds. The summed E-state index contributed by atoms with van der Waals surface area (Å²) in [4.78, 5) is 4.02. The normalized spacial score (nSPS) is 12.2. The van der Waals surface area contributed by atoms with Gasteiger partial charge in [0.25, 0.3) is 0 Å². The van der Waals surface area contributed by atoms with Gasteiger partial charge in [-0.3, -0.25) is 4.98 Å². The molecule has 1 heterocycles. The SMILES string of the molecule is CCCOc1cncc(C(N)c2cccc(F)c2F)c1. The number of benzene rings is 1. The highest BCUT2D eigenvalue weighted by Gasteiger charge is 2.17. The summed E-state index contributed by atoms with van der Waals surface area (Å²) in [6.45, 7) is 2.56. The van der Waals surface area contributed by atoms with Gasteiger partial charge >= 0.3 is 0 Å². The smallest absolute Gasteiger partial charge is 0.163 e. The van der Waals surface area contributed by atoms with Crippen LogP contribution in [0.5, 0.6) is 5.75 Å². The van der Waals surface area contributed by atoms with Gasteiger partial charge in [0.1, 0.15) is 5.75 Å². The van der Waals surface area contributed by atoms with Crippen LogP contribution < -0.4 is 10.5 Å². The Kier molecular flexibility index (Phi) is 4.63. The predicted molar refractivity (Wildman–Crippen MR) is 72.4 cm³/mol. The zero-order valence-corrected chi connectivity index (χ0v) is 11.1. The lowest BCUT2D eigenvalue weighted by atomic mass is 10.0. The number of nitrogens with two attached hydrogens (primary N) is 1. The molecule has 0 aliphatic rings. The molecule has 0 radical (unpaired) electrons. The molecule has 0 aliphatic heterocycles. The van der Waals surface area contributed by atoms with Crippen LogP contribution in [0.2, 0.25) is 0 Å². The van der Waals surface area contributed by atoms with Gasteiger partial charge in [-0.05, 0) is 24.1 Å². The van der Waals surface area contributed by atoms with Crippen molar-refractivity contribution in [2.45, 2.75) is 19.4 Å². The number of ether oxygens (including phenoxy) is 1. The van der Waals surface area contributed by atoms with Crippen molar-refractivity contribution >= 4 is 0 Å². The average molecular weight is 278 g/mol. The largest absolute Gasteiger partial charge is 0.492 e. The molecule has 0 aliphatic carbocycles. The van der Waals surface area contributed by atoms with Crippen molar-refractivity contribution in [2.24, 2.45) is 5.73 Å². The van der Waals surface area contributed by atoms with Crippen molar-refractivity contribution < 1.29 is 13.5 Å². The number of aromatic nitrogens is 1. The van der Waals surface area contributed by atoms with Gasteiger partial charge in [0, 0.05) is 11.8 Å². The van der Waals surface area contributed by atoms with Gasteiger partial charge in [-0.1, -0.05) is 19.1 Å². The van der Waals surface area contributed by atoms with Crippen molar-refractivity contribution in [1.29, 1.82) is 0 Å². The van der Waals surface area contributed by atoms with Crippen LogP contribution >= 0.6 is 0 Å². The van der Waals surface area contributed by atoms with E-state index in [0.717, 1.165) is 12.5 Å². The molecule has 20 heavy (non-hydrogen) atoms. The first-order valence-corrected chi connectivity index (χ1v) is 6.40. The predicted octanol–water partition coefficient (Wildman–Crippen LogP) is 3.20. The van der Waals surface area contributed by atoms with Crippen LogP contribution in [0, 0.1) is 11.6 Å². The molecular weight excluding hydrogens is 262 g/mol. The topological polar surface area (TPSA) is 48.1 Å². The average Bonchev–Trinajstić information content (AvgIpc) is 2.47. The van der Waals surface area contributed by atoms with Crippen LogP contribution in [0.4, 0.5) is 8.78 Å². The Morgan fingerprint density at radius 2 is 2.10 bits per heavy atom. The highest BCUT2D eigenvalue weighted by molar-refractivity contribution is 5.34. The van der Waals surface area contributed by atoms with Gasteiger partial charge < -0.3 is 10.5 Å². The van der Waals surface area contributed by atoms with Crippen LogP contribution in [0.3, 0.4) is 0 Å². The standard InChI is InChI=1S/C15H16F2N2O/c1-2-6-20-11-7-10(8-19-9-11)15(18)12-4-3-5-13(16)14(12)17/h3-5,7-9,15H,2,6,18H2,1H3. The summed E-state index contributed by atoms with van der Waals surface area (Å²) in [7, 11) is 0. The highest BCUT2D eigenvalue weighted by Crippen LogP contribution is 2.25. The van der Waals surface area contributed by atoms with Gasteiger partial charge in [-0.15, -0.1) is 0 Å². The minimum atomic E-state index is -0.931. The second-order valence-electron chi connectivity index (χ2n) is 4.42. The molecule has 1 aromatic carbocycles. The molecule has 0 spiro atoms. The van der Waals surface area contributed by atoms with E-state index in [-0.39, 0.29) is 5.56 Å². The molecule has 1 aromatic heterocycles. The first-order chi connectivity index (χ1) is 9.63. The maximum Gasteiger partial charge on any atom is 0.163 e. The Balaban J connectivity index is 2.28.